The molecule has 6 aliphatic rings. The number of benzene rings is 1. The number of carboxylic acid groups (broad SMARTS) is 1. The van der Waals surface area contributed by atoms with Gasteiger partial charge in [-0.15, -0.1) is 0 Å². The van der Waals surface area contributed by atoms with Crippen LogP contribution >= 0.6 is 11.3 Å². The number of likely N-dealkylation sites (tertiary alicyclic amines) is 1. The van der Waals surface area contributed by atoms with E-state index in [4.69, 9.17) is 19.8 Å². The zero-order valence-corrected chi connectivity index (χ0v) is 38.4. The summed E-state index contributed by atoms with van der Waals surface area (Å²) in [5.74, 6) is 0.240. The summed E-state index contributed by atoms with van der Waals surface area (Å²) in [6.07, 6.45) is 12.2. The first-order chi connectivity index (χ1) is 29.2. The van der Waals surface area contributed by atoms with Crippen LogP contribution in [0.2, 0.25) is 0 Å². The molecule has 2 bridgehead atoms. The van der Waals surface area contributed by atoms with E-state index in [1.807, 2.05) is 38.2 Å². The number of aliphatic imine (C=N–C) groups is 1. The van der Waals surface area contributed by atoms with Gasteiger partial charge in [-0.05, 0) is 163 Å². The Morgan fingerprint density at radius 3 is 2.41 bits per heavy atom. The first kappa shape index (κ1) is 41.9. The van der Waals surface area contributed by atoms with E-state index < -0.39 is 5.97 Å². The minimum atomic E-state index is -1.04. The van der Waals surface area contributed by atoms with Crippen LogP contribution in [-0.4, -0.2) is 80.8 Å². The Kier molecular flexibility index (Phi) is 10.4. The molecule has 1 aromatic carbocycles. The topological polar surface area (TPSA) is 121 Å². The Balaban J connectivity index is 0.00000235. The van der Waals surface area contributed by atoms with Crippen LogP contribution < -0.4 is 10.2 Å². The lowest BCUT2D eigenvalue weighted by Gasteiger charge is -2.82. The van der Waals surface area contributed by atoms with Crippen molar-refractivity contribution < 1.29 is 14.6 Å². The molecule has 4 saturated carbocycles. The minimum absolute atomic E-state index is 0.0401. The normalized spacial score (nSPS) is 30.4. The Bertz CT molecular complexity index is 2450. The zero-order valence-electron chi connectivity index (χ0n) is 37.6. The number of ether oxygens (including phenoxy) is 1. The Hall–Kier alpha value is -4.39. The fourth-order valence-corrected chi connectivity index (χ4v) is 15.1. The molecule has 324 valence electrons. The monoisotopic (exact) mass is 844 g/mol. The second-order valence-corrected chi connectivity index (χ2v) is 20.6. The first-order valence-corrected chi connectivity index (χ1v) is 23.5. The molecular formula is C49H64N8O3S. The van der Waals surface area contributed by atoms with E-state index in [1.54, 1.807) is 11.3 Å². The molecular weight excluding hydrogens is 781 g/mol. The van der Waals surface area contributed by atoms with Crippen molar-refractivity contribution in [3.8, 4) is 11.1 Å². The molecule has 4 aromatic rings. The first-order valence-electron chi connectivity index (χ1n) is 22.7. The lowest BCUT2D eigenvalue weighted by molar-refractivity contribution is -0.397. The van der Waals surface area contributed by atoms with Crippen LogP contribution in [0, 0.1) is 35.5 Å². The number of carboxylic acids is 1. The van der Waals surface area contributed by atoms with Gasteiger partial charge in [0.05, 0.1) is 28.6 Å². The summed E-state index contributed by atoms with van der Waals surface area (Å²) in [6, 6.07) is 10.1. The van der Waals surface area contributed by atoms with Gasteiger partial charge in [0.2, 0.25) is 0 Å². The average molecular weight is 845 g/mol. The predicted octanol–water partition coefficient (Wildman–Crippen LogP) is 10.7. The summed E-state index contributed by atoms with van der Waals surface area (Å²) >= 11 is 1.59. The van der Waals surface area contributed by atoms with E-state index in [9.17, 15) is 9.90 Å². The van der Waals surface area contributed by atoms with Gasteiger partial charge in [-0.3, -0.25) is 4.68 Å². The van der Waals surface area contributed by atoms with Gasteiger partial charge in [0.15, 0.2) is 10.8 Å². The molecule has 2 unspecified atom stereocenters. The van der Waals surface area contributed by atoms with Gasteiger partial charge in [0.1, 0.15) is 11.6 Å². The molecule has 2 N–H and O–H groups in total. The third kappa shape index (κ3) is 6.35. The number of hydrogen-bond donors (Lipinski definition) is 2. The highest BCUT2D eigenvalue weighted by Crippen LogP contribution is 2.95. The van der Waals surface area contributed by atoms with E-state index in [0.29, 0.717) is 28.0 Å². The Morgan fingerprint density at radius 2 is 1.70 bits per heavy atom. The number of pyridine rings is 1. The van der Waals surface area contributed by atoms with Gasteiger partial charge in [0.25, 0.3) is 0 Å². The molecule has 5 heterocycles. The summed E-state index contributed by atoms with van der Waals surface area (Å²) < 4.78 is 10.2. The minimum Gasteiger partial charge on any atom is -0.476 e. The number of aromatic nitrogens is 4. The Morgan fingerprint density at radius 1 is 0.967 bits per heavy atom. The highest BCUT2D eigenvalue weighted by molar-refractivity contribution is 7.22. The van der Waals surface area contributed by atoms with Crippen LogP contribution in [0.5, 0.6) is 0 Å². The molecule has 4 aliphatic carbocycles. The third-order valence-electron chi connectivity index (χ3n) is 16.0. The quantitative estimate of drug-likeness (QED) is 0.127. The number of allylic oxidation sites excluding steroid dienone is 3. The molecule has 0 radical (unpaired) electrons. The molecule has 1 spiro atoms. The van der Waals surface area contributed by atoms with Crippen molar-refractivity contribution >= 4 is 45.2 Å². The number of hydrogen-bond acceptors (Lipinski definition) is 10. The molecule has 61 heavy (non-hydrogen) atoms. The maximum Gasteiger partial charge on any atom is 0.355 e. The SMILES string of the molecule is C=N/C(Nc1nc2ccc(C)cc2s1)=C(/C)C1=C(C)N(c2ccc(-c3cnn(CC45CC6(C)CC7(OCCN8CCCC8)CC(C)(C4)C67C5)c3C)c(C(=O)O)n2)CCC1.CC. The number of carbonyl (C=O) groups is 1. The predicted molar refractivity (Wildman–Crippen MR) is 247 cm³/mol. The van der Waals surface area contributed by atoms with Crippen molar-refractivity contribution in [1.82, 2.24) is 24.6 Å². The lowest BCUT2D eigenvalue weighted by atomic mass is 9.25. The fourth-order valence-electron chi connectivity index (χ4n) is 14.2. The van der Waals surface area contributed by atoms with Gasteiger partial charge in [-0.2, -0.15) is 5.10 Å². The average Bonchev–Trinajstić information content (AvgIpc) is 4.05. The maximum absolute atomic E-state index is 13.0. The number of thiazole rings is 1. The molecule has 2 aliphatic heterocycles. The summed E-state index contributed by atoms with van der Waals surface area (Å²) in [7, 11) is 0. The van der Waals surface area contributed by atoms with Gasteiger partial charge < -0.3 is 25.0 Å². The maximum atomic E-state index is 13.0. The second kappa shape index (κ2) is 15.2. The zero-order chi connectivity index (χ0) is 43.1. The summed E-state index contributed by atoms with van der Waals surface area (Å²) in [5, 5.41) is 19.8. The number of rotatable bonds is 13. The van der Waals surface area contributed by atoms with E-state index in [0.717, 1.165) is 82.5 Å². The molecule has 3 aromatic heterocycles. The number of nitrogens with zero attached hydrogens (tertiary/aromatic N) is 7. The number of aromatic carboxylic acids is 1. The van der Waals surface area contributed by atoms with Crippen LogP contribution in [0.15, 0.2) is 64.2 Å². The molecule has 10 rings (SSSR count). The number of nitrogens with one attached hydrogen (secondary N) is 1. The molecule has 5 fully saturated rings. The molecule has 12 heteroatoms. The molecule has 1 saturated heterocycles. The fraction of sp³-hybridized carbons (Fsp3) is 0.571. The summed E-state index contributed by atoms with van der Waals surface area (Å²) in [4.78, 5) is 31.7. The Labute approximate surface area is 365 Å². The molecule has 0 amide bonds. The summed E-state index contributed by atoms with van der Waals surface area (Å²) in [5.41, 5.74) is 8.83. The van der Waals surface area contributed by atoms with Crippen molar-refractivity contribution in [2.24, 2.45) is 26.7 Å². The van der Waals surface area contributed by atoms with E-state index in [1.165, 1.54) is 63.6 Å². The van der Waals surface area contributed by atoms with Gasteiger partial charge >= 0.3 is 5.97 Å². The third-order valence-corrected chi connectivity index (χ3v) is 16.9. The van der Waals surface area contributed by atoms with Crippen molar-refractivity contribution in [2.45, 2.75) is 125 Å². The van der Waals surface area contributed by atoms with Crippen molar-refractivity contribution in [3.63, 3.8) is 0 Å². The van der Waals surface area contributed by atoms with Crippen molar-refractivity contribution in [1.29, 1.82) is 0 Å². The van der Waals surface area contributed by atoms with Gasteiger partial charge in [0, 0.05) is 47.6 Å². The van der Waals surface area contributed by atoms with Crippen LogP contribution in [0.3, 0.4) is 0 Å². The summed E-state index contributed by atoms with van der Waals surface area (Å²) in [6.45, 7) is 27.2. The van der Waals surface area contributed by atoms with E-state index in [-0.39, 0.29) is 22.1 Å². The number of aryl methyl sites for hydroxylation is 1. The van der Waals surface area contributed by atoms with Crippen LogP contribution in [-0.2, 0) is 11.3 Å². The number of anilines is 2. The van der Waals surface area contributed by atoms with Crippen molar-refractivity contribution in [2.75, 3.05) is 43.0 Å². The second-order valence-electron chi connectivity index (χ2n) is 19.5. The van der Waals surface area contributed by atoms with E-state index >= 15 is 0 Å². The lowest BCUT2D eigenvalue weighted by Crippen LogP contribution is -2.82. The van der Waals surface area contributed by atoms with Gasteiger partial charge in [-0.1, -0.05) is 45.1 Å². The smallest absolute Gasteiger partial charge is 0.355 e. The highest BCUT2D eigenvalue weighted by Gasteiger charge is 2.93. The van der Waals surface area contributed by atoms with Crippen LogP contribution in [0.1, 0.15) is 121 Å². The van der Waals surface area contributed by atoms with E-state index in [2.05, 4.69) is 85.2 Å². The van der Waals surface area contributed by atoms with Crippen LogP contribution in [0.4, 0.5) is 10.9 Å². The number of fused-ring (bicyclic) bond motifs is 2. The molecule has 11 nitrogen and oxygen atoms in total. The molecule has 2 atom stereocenters. The standard InChI is InChI=1S/C47H58N8O3S.C2H6/c1-29-12-14-36-37(21-29)59-42(50-36)52-40(48-7)30(2)33-11-10-18-54(31(33)3)38-15-13-34(39(51-38)41(56)57)35-22-49-55(32(35)4)28-45-23-43(5)25-46(58-20-19-53-16-8-9-17-53)26-44(6,24-45)47(43,46)27-45;1-2/h12-15,21-22H,7-11,16-20,23-28H2,1-6H3,(H,50,52)(H,56,57);1-2H3/b40-30+;. The van der Waals surface area contributed by atoms with Crippen molar-refractivity contribution in [3.05, 3.63) is 76.1 Å². The van der Waals surface area contributed by atoms with Gasteiger partial charge in [-0.25, -0.2) is 19.8 Å². The van der Waals surface area contributed by atoms with Crippen LogP contribution in [0.25, 0.3) is 21.3 Å². The largest absolute Gasteiger partial charge is 0.476 e. The highest BCUT2D eigenvalue weighted by atomic mass is 32.1.